The zero-order valence-electron chi connectivity index (χ0n) is 8.27. The lowest BCUT2D eigenvalue weighted by Gasteiger charge is -1.76. The summed E-state index contributed by atoms with van der Waals surface area (Å²) in [4.78, 5) is 0. The Bertz CT molecular complexity index is 260. The van der Waals surface area contributed by atoms with Gasteiger partial charge in [-0.05, 0) is 24.7 Å². The zero-order chi connectivity index (χ0) is 9.78. The fourth-order valence-corrected chi connectivity index (χ4v) is 0.662. The van der Waals surface area contributed by atoms with Gasteiger partial charge in [0.05, 0.1) is 0 Å². The van der Waals surface area contributed by atoms with Gasteiger partial charge < -0.3 is 0 Å². The first kappa shape index (κ1) is 11.6. The fraction of sp³-hybridized carbons (Fsp3) is 0.385. The molecular formula is C13H16. The molecule has 68 valence electrons. The minimum atomic E-state index is 0.786. The van der Waals surface area contributed by atoms with E-state index < -0.39 is 0 Å². The van der Waals surface area contributed by atoms with Gasteiger partial charge >= 0.3 is 0 Å². The monoisotopic (exact) mass is 172 g/mol. The standard InChI is InChI=1S/C13H16/c1-3-5-7-9-11-13-12-10-8-6-4-2/h3,7,9H,1,4-6,11H2,2H3/b9-7+. The van der Waals surface area contributed by atoms with Gasteiger partial charge in [0.15, 0.2) is 0 Å². The molecule has 0 rings (SSSR count). The van der Waals surface area contributed by atoms with Crippen LogP contribution in [0.5, 0.6) is 0 Å². The third-order valence-electron chi connectivity index (χ3n) is 1.30. The van der Waals surface area contributed by atoms with Crippen LogP contribution in [0, 0.1) is 23.7 Å². The van der Waals surface area contributed by atoms with E-state index in [1.165, 1.54) is 0 Å². The maximum atomic E-state index is 3.62. The van der Waals surface area contributed by atoms with Crippen molar-refractivity contribution in [2.75, 3.05) is 0 Å². The Labute approximate surface area is 81.7 Å². The van der Waals surface area contributed by atoms with E-state index in [4.69, 9.17) is 0 Å². The maximum absolute atomic E-state index is 3.62. The summed E-state index contributed by atoms with van der Waals surface area (Å²) in [5, 5.41) is 0. The van der Waals surface area contributed by atoms with Crippen molar-refractivity contribution in [3.63, 3.8) is 0 Å². The van der Waals surface area contributed by atoms with Gasteiger partial charge in [-0.2, -0.15) is 0 Å². The molecule has 0 bridgehead atoms. The number of allylic oxidation sites excluding steroid dienone is 3. The molecule has 13 heavy (non-hydrogen) atoms. The van der Waals surface area contributed by atoms with Gasteiger partial charge in [0.1, 0.15) is 0 Å². The summed E-state index contributed by atoms with van der Waals surface area (Å²) in [5.41, 5.74) is 0. The zero-order valence-corrected chi connectivity index (χ0v) is 8.27. The maximum Gasteiger partial charge on any atom is 0.0280 e. The van der Waals surface area contributed by atoms with Gasteiger partial charge in [0.2, 0.25) is 0 Å². The van der Waals surface area contributed by atoms with Gasteiger partial charge in [-0.3, -0.25) is 0 Å². The summed E-state index contributed by atoms with van der Waals surface area (Å²) >= 11 is 0. The molecule has 0 aliphatic heterocycles. The minimum absolute atomic E-state index is 0.786. The molecule has 0 saturated heterocycles. The predicted octanol–water partition coefficient (Wildman–Crippen LogP) is 3.32. The third-order valence-corrected chi connectivity index (χ3v) is 1.30. The van der Waals surface area contributed by atoms with E-state index in [0.29, 0.717) is 0 Å². The Hall–Kier alpha value is -1.40. The topological polar surface area (TPSA) is 0 Å². The molecule has 0 aromatic rings. The van der Waals surface area contributed by atoms with Crippen molar-refractivity contribution in [3.05, 3.63) is 24.8 Å². The average Bonchev–Trinajstić information content (AvgIpc) is 2.16. The lowest BCUT2D eigenvalue weighted by atomic mass is 10.3. The molecule has 0 fully saturated rings. The van der Waals surface area contributed by atoms with Gasteiger partial charge in [-0.1, -0.05) is 37.0 Å². The molecule has 0 N–H and O–H groups in total. The van der Waals surface area contributed by atoms with Crippen molar-refractivity contribution in [1.82, 2.24) is 0 Å². The Morgan fingerprint density at radius 3 is 2.62 bits per heavy atom. The third kappa shape index (κ3) is 10.6. The smallest absolute Gasteiger partial charge is 0.0280 e. The molecule has 0 unspecified atom stereocenters. The van der Waals surface area contributed by atoms with Crippen molar-refractivity contribution in [1.29, 1.82) is 0 Å². The van der Waals surface area contributed by atoms with Crippen molar-refractivity contribution >= 4 is 0 Å². The summed E-state index contributed by atoms with van der Waals surface area (Å²) in [6.45, 7) is 5.73. The second kappa shape index (κ2) is 10.6. The predicted molar refractivity (Wildman–Crippen MR) is 59.0 cm³/mol. The van der Waals surface area contributed by atoms with Crippen molar-refractivity contribution in [2.24, 2.45) is 0 Å². The molecule has 0 amide bonds. The van der Waals surface area contributed by atoms with Crippen LogP contribution in [0.15, 0.2) is 24.8 Å². The minimum Gasteiger partial charge on any atom is -0.103 e. The van der Waals surface area contributed by atoms with Gasteiger partial charge in [-0.25, -0.2) is 0 Å². The number of rotatable bonds is 4. The van der Waals surface area contributed by atoms with Crippen molar-refractivity contribution < 1.29 is 0 Å². The SMILES string of the molecule is C=CC/C=C/CC#CC#CCCC. The molecule has 0 spiro atoms. The highest BCUT2D eigenvalue weighted by Gasteiger charge is 1.69. The Kier molecular flexibility index (Phi) is 9.46. The van der Waals surface area contributed by atoms with Crippen LogP contribution in [0.3, 0.4) is 0 Å². The summed E-state index contributed by atoms with van der Waals surface area (Å²) in [5.74, 6) is 11.6. The average molecular weight is 172 g/mol. The van der Waals surface area contributed by atoms with Gasteiger partial charge in [0.25, 0.3) is 0 Å². The second-order valence-electron chi connectivity index (χ2n) is 2.55. The lowest BCUT2D eigenvalue weighted by molar-refractivity contribution is 0.983. The van der Waals surface area contributed by atoms with E-state index in [-0.39, 0.29) is 0 Å². The van der Waals surface area contributed by atoms with E-state index in [1.807, 2.05) is 12.2 Å². The van der Waals surface area contributed by atoms with Gasteiger partial charge in [-0.15, -0.1) is 6.58 Å². The van der Waals surface area contributed by atoms with Crippen LogP contribution in [-0.4, -0.2) is 0 Å². The van der Waals surface area contributed by atoms with Crippen LogP contribution in [0.25, 0.3) is 0 Å². The summed E-state index contributed by atoms with van der Waals surface area (Å²) in [6.07, 6.45) is 9.72. The van der Waals surface area contributed by atoms with E-state index in [1.54, 1.807) is 0 Å². The van der Waals surface area contributed by atoms with Crippen molar-refractivity contribution in [3.8, 4) is 23.7 Å². The molecule has 0 radical (unpaired) electrons. The van der Waals surface area contributed by atoms with Crippen LogP contribution in [0.4, 0.5) is 0 Å². The van der Waals surface area contributed by atoms with E-state index in [9.17, 15) is 0 Å². The molecule has 0 heterocycles. The molecule has 0 aliphatic carbocycles. The number of unbranched alkanes of at least 4 members (excludes halogenated alkanes) is 1. The van der Waals surface area contributed by atoms with E-state index in [2.05, 4.69) is 43.3 Å². The molecule has 0 atom stereocenters. The fourth-order valence-electron chi connectivity index (χ4n) is 0.662. The van der Waals surface area contributed by atoms with E-state index >= 15 is 0 Å². The second-order valence-corrected chi connectivity index (χ2v) is 2.55. The Morgan fingerprint density at radius 2 is 1.92 bits per heavy atom. The Balaban J connectivity index is 3.51. The first-order valence-corrected chi connectivity index (χ1v) is 4.63. The van der Waals surface area contributed by atoms with Crippen LogP contribution < -0.4 is 0 Å². The summed E-state index contributed by atoms with van der Waals surface area (Å²) in [6, 6.07) is 0. The molecule has 0 nitrogen and oxygen atoms in total. The van der Waals surface area contributed by atoms with Gasteiger partial charge in [0, 0.05) is 12.8 Å². The van der Waals surface area contributed by atoms with Crippen LogP contribution >= 0.6 is 0 Å². The molecule has 0 saturated carbocycles. The first-order valence-electron chi connectivity index (χ1n) is 4.63. The normalized spacial score (nSPS) is 8.38. The molecule has 0 heteroatoms. The van der Waals surface area contributed by atoms with Crippen LogP contribution in [-0.2, 0) is 0 Å². The molecule has 0 aromatic heterocycles. The van der Waals surface area contributed by atoms with Crippen LogP contribution in [0.1, 0.15) is 32.6 Å². The number of hydrogen-bond acceptors (Lipinski definition) is 0. The van der Waals surface area contributed by atoms with Crippen molar-refractivity contribution in [2.45, 2.75) is 32.6 Å². The quantitative estimate of drug-likeness (QED) is 0.451. The van der Waals surface area contributed by atoms with E-state index in [0.717, 1.165) is 25.7 Å². The first-order chi connectivity index (χ1) is 6.41. The molecule has 0 aliphatic rings. The van der Waals surface area contributed by atoms with Crippen LogP contribution in [0.2, 0.25) is 0 Å². The largest absolute Gasteiger partial charge is 0.103 e. The highest BCUT2D eigenvalue weighted by molar-refractivity contribution is 5.26. The lowest BCUT2D eigenvalue weighted by Crippen LogP contribution is -1.62. The molecule has 0 aromatic carbocycles. The Morgan fingerprint density at radius 1 is 1.15 bits per heavy atom. The summed E-state index contributed by atoms with van der Waals surface area (Å²) in [7, 11) is 0. The summed E-state index contributed by atoms with van der Waals surface area (Å²) < 4.78 is 0. The molecular weight excluding hydrogens is 156 g/mol. The highest BCUT2D eigenvalue weighted by Crippen LogP contribution is 1.85. The number of hydrogen-bond donors (Lipinski definition) is 0. The highest BCUT2D eigenvalue weighted by atomic mass is 13.7.